The lowest BCUT2D eigenvalue weighted by atomic mass is 10.1. The van der Waals surface area contributed by atoms with E-state index in [0.29, 0.717) is 29.6 Å². The molecule has 1 aromatic heterocycles. The van der Waals surface area contributed by atoms with Crippen molar-refractivity contribution in [2.45, 2.75) is 39.2 Å². The molecule has 0 aliphatic heterocycles. The van der Waals surface area contributed by atoms with Gasteiger partial charge in [-0.3, -0.25) is 4.79 Å². The number of carbonyl (C=O) groups excluding carboxylic acids is 1. The first-order valence-corrected chi connectivity index (χ1v) is 9.69. The Hall–Kier alpha value is -2.80. The van der Waals surface area contributed by atoms with E-state index in [0.717, 1.165) is 11.1 Å². The Morgan fingerprint density at radius 2 is 1.71 bits per heavy atom. The molecule has 0 spiro atoms. The number of carbonyl (C=O) groups is 1. The third-order valence-corrected chi connectivity index (χ3v) is 4.37. The zero-order valence-electron chi connectivity index (χ0n) is 16.0. The number of rotatable bonds is 6. The average molecular weight is 399 g/mol. The molecule has 0 saturated heterocycles. The molecule has 0 bridgehead atoms. The summed E-state index contributed by atoms with van der Waals surface area (Å²) in [5.41, 5.74) is 1.59. The van der Waals surface area contributed by atoms with E-state index in [4.69, 9.17) is 4.74 Å². The number of aromatic nitrogens is 2. The lowest BCUT2D eigenvalue weighted by molar-refractivity contribution is -0.121. The van der Waals surface area contributed by atoms with E-state index >= 15 is 0 Å². The molecule has 0 saturated carbocycles. The number of amides is 1. The molecule has 0 unspecified atom stereocenters. The predicted octanol–water partition coefficient (Wildman–Crippen LogP) is 4.52. The number of benzene rings is 2. The van der Waals surface area contributed by atoms with Gasteiger partial charge in [-0.25, -0.2) is 4.39 Å². The topological polar surface area (TPSA) is 64.1 Å². The number of hydrogen-bond donors (Lipinski definition) is 1. The van der Waals surface area contributed by atoms with Gasteiger partial charge in [-0.2, -0.15) is 9.36 Å². The van der Waals surface area contributed by atoms with Crippen LogP contribution in [0.1, 0.15) is 37.7 Å². The van der Waals surface area contributed by atoms with Gasteiger partial charge in [0.15, 0.2) is 5.82 Å². The van der Waals surface area contributed by atoms with Crippen LogP contribution in [0.15, 0.2) is 48.5 Å². The van der Waals surface area contributed by atoms with Crippen LogP contribution in [-0.2, 0) is 17.6 Å². The second-order valence-electron chi connectivity index (χ2n) is 7.50. The van der Waals surface area contributed by atoms with Crippen LogP contribution >= 0.6 is 11.5 Å². The lowest BCUT2D eigenvalue weighted by Gasteiger charge is -2.20. The Morgan fingerprint density at radius 1 is 1.07 bits per heavy atom. The van der Waals surface area contributed by atoms with Crippen LogP contribution in [0.4, 0.5) is 4.39 Å². The van der Waals surface area contributed by atoms with Gasteiger partial charge in [-0.05, 0) is 56.2 Å². The second kappa shape index (κ2) is 8.48. The predicted molar refractivity (Wildman–Crippen MR) is 107 cm³/mol. The van der Waals surface area contributed by atoms with Crippen molar-refractivity contribution in [3.8, 4) is 10.9 Å². The van der Waals surface area contributed by atoms with Crippen molar-refractivity contribution < 1.29 is 13.9 Å². The summed E-state index contributed by atoms with van der Waals surface area (Å²) in [4.78, 5) is 16.4. The van der Waals surface area contributed by atoms with Gasteiger partial charge in [-0.1, -0.05) is 24.3 Å². The summed E-state index contributed by atoms with van der Waals surface area (Å²) in [6, 6.07) is 13.6. The van der Waals surface area contributed by atoms with Crippen LogP contribution in [-0.4, -0.2) is 20.8 Å². The summed E-state index contributed by atoms with van der Waals surface area (Å²) in [6.45, 7) is 5.86. The molecule has 146 valence electrons. The number of ether oxygens (including phenoxy) is 1. The summed E-state index contributed by atoms with van der Waals surface area (Å²) in [5.74, 6) is 0.973. The first-order chi connectivity index (χ1) is 13.3. The maximum atomic E-state index is 13.0. The number of nitrogens with one attached hydrogen (secondary N) is 1. The van der Waals surface area contributed by atoms with Crippen LogP contribution in [0.3, 0.4) is 0 Å². The normalized spacial score (nSPS) is 11.3. The first kappa shape index (κ1) is 19.9. The van der Waals surface area contributed by atoms with E-state index in [9.17, 15) is 9.18 Å². The molecule has 1 amide bonds. The molecule has 7 heteroatoms. The van der Waals surface area contributed by atoms with Gasteiger partial charge in [0, 0.05) is 23.5 Å². The smallest absolute Gasteiger partial charge is 0.298 e. The van der Waals surface area contributed by atoms with Crippen molar-refractivity contribution in [3.05, 3.63) is 71.3 Å². The van der Waals surface area contributed by atoms with E-state index in [1.807, 2.05) is 32.9 Å². The van der Waals surface area contributed by atoms with E-state index in [1.165, 1.54) is 23.7 Å². The molecule has 3 aromatic rings. The van der Waals surface area contributed by atoms with Gasteiger partial charge in [0.1, 0.15) is 11.6 Å². The minimum Gasteiger partial charge on any atom is -0.430 e. The second-order valence-corrected chi connectivity index (χ2v) is 8.22. The summed E-state index contributed by atoms with van der Waals surface area (Å²) in [5, 5.41) is 3.38. The zero-order valence-corrected chi connectivity index (χ0v) is 16.8. The first-order valence-electron chi connectivity index (χ1n) is 8.92. The molecule has 0 radical (unpaired) electrons. The van der Waals surface area contributed by atoms with Crippen molar-refractivity contribution in [2.24, 2.45) is 0 Å². The molecule has 0 aliphatic rings. The van der Waals surface area contributed by atoms with Gasteiger partial charge >= 0.3 is 0 Å². The molecular formula is C21H22FN3O2S. The minimum absolute atomic E-state index is 0.0178. The van der Waals surface area contributed by atoms with E-state index in [1.54, 1.807) is 24.3 Å². The van der Waals surface area contributed by atoms with Gasteiger partial charge in [-0.15, -0.1) is 0 Å². The highest BCUT2D eigenvalue weighted by atomic mass is 32.1. The quantitative estimate of drug-likeness (QED) is 0.662. The summed E-state index contributed by atoms with van der Waals surface area (Å²) < 4.78 is 23.0. The third kappa shape index (κ3) is 6.13. The Morgan fingerprint density at radius 3 is 2.36 bits per heavy atom. The zero-order chi connectivity index (χ0) is 20.1. The SMILES string of the molecule is CC(C)(C)NC(=O)Cc1ccc(Oc2nc(Cc3ccc(F)cc3)ns2)cc1. The molecular weight excluding hydrogens is 377 g/mol. The van der Waals surface area contributed by atoms with Crippen molar-refractivity contribution in [3.63, 3.8) is 0 Å². The molecule has 0 aliphatic carbocycles. The fourth-order valence-electron chi connectivity index (χ4n) is 2.56. The Balaban J connectivity index is 1.56. The molecule has 0 fully saturated rings. The van der Waals surface area contributed by atoms with Gasteiger partial charge in [0.2, 0.25) is 5.91 Å². The highest BCUT2D eigenvalue weighted by Crippen LogP contribution is 2.24. The molecule has 28 heavy (non-hydrogen) atoms. The lowest BCUT2D eigenvalue weighted by Crippen LogP contribution is -2.41. The van der Waals surface area contributed by atoms with Crippen LogP contribution in [0.5, 0.6) is 10.9 Å². The number of nitrogens with zero attached hydrogens (tertiary/aromatic N) is 2. The minimum atomic E-state index is -0.265. The van der Waals surface area contributed by atoms with Gasteiger partial charge < -0.3 is 10.1 Å². The molecule has 3 rings (SSSR count). The van der Waals surface area contributed by atoms with Gasteiger partial charge in [0.05, 0.1) is 6.42 Å². The van der Waals surface area contributed by atoms with Crippen molar-refractivity contribution in [1.29, 1.82) is 0 Å². The van der Waals surface area contributed by atoms with Crippen LogP contribution in [0, 0.1) is 5.82 Å². The average Bonchev–Trinajstić information content (AvgIpc) is 3.04. The number of halogens is 1. The summed E-state index contributed by atoms with van der Waals surface area (Å²) in [7, 11) is 0. The Labute approximate surface area is 167 Å². The molecule has 2 aromatic carbocycles. The Bertz CT molecular complexity index is 932. The highest BCUT2D eigenvalue weighted by Gasteiger charge is 2.14. The van der Waals surface area contributed by atoms with Crippen molar-refractivity contribution >= 4 is 17.4 Å². The van der Waals surface area contributed by atoms with E-state index < -0.39 is 0 Å². The summed E-state index contributed by atoms with van der Waals surface area (Å²) >= 11 is 1.17. The standard InChI is InChI=1S/C21H22FN3O2S/c1-21(2,3)24-19(26)13-15-6-10-17(11-7-15)27-20-23-18(25-28-20)12-14-4-8-16(22)9-5-14/h4-11H,12-13H2,1-3H3,(H,24,26). The van der Waals surface area contributed by atoms with E-state index in [-0.39, 0.29) is 17.3 Å². The third-order valence-electron chi connectivity index (χ3n) is 3.73. The largest absolute Gasteiger partial charge is 0.430 e. The maximum absolute atomic E-state index is 13.0. The van der Waals surface area contributed by atoms with Crippen molar-refractivity contribution in [2.75, 3.05) is 0 Å². The molecule has 0 atom stereocenters. The maximum Gasteiger partial charge on any atom is 0.298 e. The van der Waals surface area contributed by atoms with Crippen LogP contribution < -0.4 is 10.1 Å². The monoisotopic (exact) mass is 399 g/mol. The van der Waals surface area contributed by atoms with Crippen LogP contribution in [0.25, 0.3) is 0 Å². The summed E-state index contributed by atoms with van der Waals surface area (Å²) in [6.07, 6.45) is 0.833. The molecule has 1 heterocycles. The van der Waals surface area contributed by atoms with Gasteiger partial charge in [0.25, 0.3) is 5.19 Å². The van der Waals surface area contributed by atoms with Crippen molar-refractivity contribution in [1.82, 2.24) is 14.7 Å². The van der Waals surface area contributed by atoms with Crippen LogP contribution in [0.2, 0.25) is 0 Å². The molecule has 1 N–H and O–H groups in total. The Kier molecular flexibility index (Phi) is 6.04. The van der Waals surface area contributed by atoms with E-state index in [2.05, 4.69) is 14.7 Å². The highest BCUT2D eigenvalue weighted by molar-refractivity contribution is 7.07. The fraction of sp³-hybridized carbons (Fsp3) is 0.286. The fourth-order valence-corrected chi connectivity index (χ4v) is 3.13. The molecule has 5 nitrogen and oxygen atoms in total. The number of hydrogen-bond acceptors (Lipinski definition) is 5.